The Morgan fingerprint density at radius 2 is 1.03 bits per heavy atom. The molecule has 35 heavy (non-hydrogen) atoms. The number of aryl methyl sites for hydroxylation is 5. The molecule has 0 spiro atoms. The number of hydrogen-bond donors (Lipinski definition) is 0. The van der Waals surface area contributed by atoms with E-state index in [1.165, 1.54) is 6.33 Å². The van der Waals surface area contributed by atoms with Gasteiger partial charge in [-0.15, -0.1) is 0 Å². The molecule has 0 amide bonds. The van der Waals surface area contributed by atoms with E-state index in [9.17, 15) is 0 Å². The van der Waals surface area contributed by atoms with E-state index in [2.05, 4.69) is 40.1 Å². The average molecular weight is 469 g/mol. The highest BCUT2D eigenvalue weighted by Gasteiger charge is 1.76. The lowest BCUT2D eigenvalue weighted by Crippen LogP contribution is -1.79. The summed E-state index contributed by atoms with van der Waals surface area (Å²) >= 11 is 0. The van der Waals surface area contributed by atoms with Crippen LogP contribution in [0.3, 0.4) is 0 Å². The van der Waals surface area contributed by atoms with Crippen LogP contribution < -0.4 is 0 Å². The normalized spacial score (nSPS) is 8.71. The predicted octanol–water partition coefficient (Wildman–Crippen LogP) is 5.14. The van der Waals surface area contributed by atoms with Gasteiger partial charge in [-0.1, -0.05) is 12.1 Å². The zero-order valence-electron chi connectivity index (χ0n) is 20.9. The Hall–Kier alpha value is -4.46. The molecule has 0 fully saturated rings. The van der Waals surface area contributed by atoms with Gasteiger partial charge in [-0.05, 0) is 77.1 Å². The van der Waals surface area contributed by atoms with Gasteiger partial charge in [0.2, 0.25) is 0 Å². The molecule has 0 N–H and O–H groups in total. The maximum Gasteiger partial charge on any atom is 0.115 e. The van der Waals surface area contributed by atoms with Gasteiger partial charge >= 0.3 is 0 Å². The van der Waals surface area contributed by atoms with Gasteiger partial charge in [-0.2, -0.15) is 10.2 Å². The Bertz CT molecular complexity index is 895. The van der Waals surface area contributed by atoms with Crippen molar-refractivity contribution in [3.05, 3.63) is 133 Å². The molecule has 5 aromatic heterocycles. The van der Waals surface area contributed by atoms with Gasteiger partial charge in [0.15, 0.2) is 0 Å². The van der Waals surface area contributed by atoms with Crippen LogP contribution in [0.25, 0.3) is 0 Å². The van der Waals surface area contributed by atoms with Crippen LogP contribution in [0, 0.1) is 34.6 Å². The Labute approximate surface area is 207 Å². The van der Waals surface area contributed by atoms with Crippen LogP contribution in [0.5, 0.6) is 0 Å². The first kappa shape index (κ1) is 28.6. The first-order valence-electron chi connectivity index (χ1n) is 10.9. The Morgan fingerprint density at radius 3 is 1.26 bits per heavy atom. The molecule has 0 aliphatic heterocycles. The van der Waals surface area contributed by atoms with E-state index < -0.39 is 0 Å². The molecule has 0 radical (unpaired) electrons. The minimum absolute atomic E-state index is 0.961. The number of hydrogen-bond acceptors (Lipinski definition) is 8. The van der Waals surface area contributed by atoms with E-state index in [4.69, 9.17) is 0 Å². The summed E-state index contributed by atoms with van der Waals surface area (Å²) in [4.78, 5) is 23.3. The molecule has 0 bridgehead atoms. The molecule has 0 aliphatic carbocycles. The molecule has 0 unspecified atom stereocenters. The summed E-state index contributed by atoms with van der Waals surface area (Å²) in [6.45, 7) is 9.70. The van der Waals surface area contributed by atoms with E-state index in [-0.39, 0.29) is 0 Å². The van der Waals surface area contributed by atoms with E-state index in [0.29, 0.717) is 0 Å². The van der Waals surface area contributed by atoms with Crippen LogP contribution in [0.2, 0.25) is 0 Å². The molecule has 180 valence electrons. The van der Waals surface area contributed by atoms with Crippen molar-refractivity contribution in [1.29, 1.82) is 0 Å². The maximum absolute atomic E-state index is 3.98. The highest BCUT2D eigenvalue weighted by Crippen LogP contribution is 1.87. The fraction of sp³-hybridized carbons (Fsp3) is 0.185. The lowest BCUT2D eigenvalue weighted by Gasteiger charge is -1.82. The number of pyridine rings is 2. The maximum atomic E-state index is 3.98. The quantitative estimate of drug-likeness (QED) is 0.308. The monoisotopic (exact) mass is 468 g/mol. The standard InChI is InChI=1S/2C6H7N.3C5H6N2/c2*1-6-4-2-3-5-7-6;1-5-4-6-2-3-7-5;1-5-2-3-6-4-7-5;1-5-3-2-4-6-7-5/h2*2-5H,1H3;3*2-4H,1H3. The SMILES string of the molecule is Cc1ccccn1.Cc1ccccn1.Cc1cccnn1.Cc1ccncn1.Cc1cnccn1. The van der Waals surface area contributed by atoms with E-state index in [1.807, 2.05) is 89.2 Å². The van der Waals surface area contributed by atoms with E-state index in [0.717, 1.165) is 28.5 Å². The van der Waals surface area contributed by atoms with Crippen molar-refractivity contribution < 1.29 is 0 Å². The lowest BCUT2D eigenvalue weighted by atomic mass is 10.4. The first-order chi connectivity index (χ1) is 17.0. The van der Waals surface area contributed by atoms with Crippen molar-refractivity contribution >= 4 is 0 Å². The van der Waals surface area contributed by atoms with Gasteiger partial charge in [0.05, 0.1) is 11.4 Å². The van der Waals surface area contributed by atoms with Gasteiger partial charge in [0.1, 0.15) is 6.33 Å². The van der Waals surface area contributed by atoms with Gasteiger partial charge in [-0.3, -0.25) is 19.9 Å². The van der Waals surface area contributed by atoms with Crippen molar-refractivity contribution in [3.63, 3.8) is 0 Å². The Balaban J connectivity index is 0.000000219. The van der Waals surface area contributed by atoms with Gasteiger partial charge in [-0.25, -0.2) is 9.97 Å². The molecular formula is C27H32N8. The van der Waals surface area contributed by atoms with Crippen LogP contribution in [-0.4, -0.2) is 40.1 Å². The van der Waals surface area contributed by atoms with Crippen LogP contribution in [0.15, 0.2) is 104 Å². The molecule has 0 saturated carbocycles. The summed E-state index contributed by atoms with van der Waals surface area (Å²) in [5.41, 5.74) is 5.07. The summed E-state index contributed by atoms with van der Waals surface area (Å²) in [7, 11) is 0. The summed E-state index contributed by atoms with van der Waals surface area (Å²) in [5, 5.41) is 7.36. The molecule has 0 aromatic carbocycles. The Kier molecular flexibility index (Phi) is 15.6. The van der Waals surface area contributed by atoms with Crippen LogP contribution in [-0.2, 0) is 0 Å². The second-order valence-corrected chi connectivity index (χ2v) is 7.00. The largest absolute Gasteiger partial charge is 0.262 e. The van der Waals surface area contributed by atoms with Crippen LogP contribution in [0.1, 0.15) is 28.5 Å². The summed E-state index contributed by atoms with van der Waals surface area (Å²) in [6, 6.07) is 17.3. The van der Waals surface area contributed by atoms with Crippen LogP contribution >= 0.6 is 0 Å². The second kappa shape index (κ2) is 19.0. The van der Waals surface area contributed by atoms with Crippen molar-refractivity contribution in [2.45, 2.75) is 34.6 Å². The number of rotatable bonds is 0. The molecule has 0 atom stereocenters. The van der Waals surface area contributed by atoms with E-state index in [1.54, 1.807) is 43.4 Å². The molecule has 0 saturated heterocycles. The molecule has 5 rings (SSSR count). The molecule has 5 heterocycles. The topological polar surface area (TPSA) is 103 Å². The third kappa shape index (κ3) is 17.7. The summed E-state index contributed by atoms with van der Waals surface area (Å²) < 4.78 is 0. The average Bonchev–Trinajstić information content (AvgIpc) is 2.88. The molecular weight excluding hydrogens is 436 g/mol. The van der Waals surface area contributed by atoms with Crippen molar-refractivity contribution in [2.24, 2.45) is 0 Å². The molecule has 5 aromatic rings. The van der Waals surface area contributed by atoms with E-state index >= 15 is 0 Å². The van der Waals surface area contributed by atoms with Gasteiger partial charge in [0, 0.05) is 60.5 Å². The molecule has 8 heteroatoms. The predicted molar refractivity (Wildman–Crippen MR) is 138 cm³/mol. The summed E-state index contributed by atoms with van der Waals surface area (Å²) in [5.74, 6) is 0. The first-order valence-corrected chi connectivity index (χ1v) is 10.9. The van der Waals surface area contributed by atoms with Crippen LogP contribution in [0.4, 0.5) is 0 Å². The summed E-state index contributed by atoms with van der Waals surface area (Å²) in [6.07, 6.45) is 13.6. The van der Waals surface area contributed by atoms with Crippen molar-refractivity contribution in [2.75, 3.05) is 0 Å². The lowest BCUT2D eigenvalue weighted by molar-refractivity contribution is 0.980. The molecule has 8 nitrogen and oxygen atoms in total. The minimum atomic E-state index is 0.961. The second-order valence-electron chi connectivity index (χ2n) is 7.00. The zero-order chi connectivity index (χ0) is 25.6. The smallest absolute Gasteiger partial charge is 0.115 e. The zero-order valence-corrected chi connectivity index (χ0v) is 20.9. The third-order valence-electron chi connectivity index (χ3n) is 3.75. The minimum Gasteiger partial charge on any atom is -0.262 e. The molecule has 0 aliphatic rings. The highest BCUT2D eigenvalue weighted by atomic mass is 15.1. The van der Waals surface area contributed by atoms with Gasteiger partial charge in [0.25, 0.3) is 0 Å². The van der Waals surface area contributed by atoms with Gasteiger partial charge < -0.3 is 0 Å². The van der Waals surface area contributed by atoms with Crippen molar-refractivity contribution in [3.8, 4) is 0 Å². The Morgan fingerprint density at radius 1 is 0.429 bits per heavy atom. The van der Waals surface area contributed by atoms with Crippen molar-refractivity contribution in [1.82, 2.24) is 40.1 Å². The number of nitrogens with zero attached hydrogens (tertiary/aromatic N) is 8. The highest BCUT2D eigenvalue weighted by molar-refractivity contribution is 5.00. The third-order valence-corrected chi connectivity index (χ3v) is 3.75. The fourth-order valence-electron chi connectivity index (χ4n) is 2.01. The fourth-order valence-corrected chi connectivity index (χ4v) is 2.01. The number of aromatic nitrogens is 8.